The lowest BCUT2D eigenvalue weighted by molar-refractivity contribution is 0.0854. The molecular weight excluding hydrogens is 417 g/mol. The van der Waals surface area contributed by atoms with Crippen LogP contribution in [-0.2, 0) is 4.74 Å². The van der Waals surface area contributed by atoms with Crippen molar-refractivity contribution >= 4 is 38.4 Å². The summed E-state index contributed by atoms with van der Waals surface area (Å²) in [6, 6.07) is 10.8. The second kappa shape index (κ2) is 7.26. The minimum atomic E-state index is -0.246. The molecule has 1 saturated heterocycles. The van der Waals surface area contributed by atoms with Crippen molar-refractivity contribution < 1.29 is 9.13 Å². The number of hydrogen-bond acceptors (Lipinski definition) is 2. The smallest absolute Gasteiger partial charge is 0.133 e. The number of aryl methyl sites for hydroxylation is 1. The molecule has 1 aromatic heterocycles. The summed E-state index contributed by atoms with van der Waals surface area (Å²) in [4.78, 5) is 4.68. The molecule has 0 radical (unpaired) electrons. The van der Waals surface area contributed by atoms with Crippen molar-refractivity contribution in [3.05, 3.63) is 63.0 Å². The van der Waals surface area contributed by atoms with Crippen LogP contribution in [0, 0.1) is 12.7 Å². The third kappa shape index (κ3) is 3.26. The van der Waals surface area contributed by atoms with Crippen LogP contribution in [0.3, 0.4) is 0 Å². The number of hydrogen-bond donors (Lipinski definition) is 0. The molecule has 0 bridgehead atoms. The van der Waals surface area contributed by atoms with Crippen LogP contribution in [0.25, 0.3) is 22.0 Å². The molecule has 1 aliphatic rings. The second-order valence-corrected chi connectivity index (χ2v) is 7.92. The molecule has 0 aliphatic carbocycles. The Labute approximate surface area is 165 Å². The molecule has 134 valence electrons. The Morgan fingerprint density at radius 2 is 1.85 bits per heavy atom. The Balaban J connectivity index is 2.04. The number of ether oxygens (including phenoxy) is 1. The lowest BCUT2D eigenvalue weighted by Crippen LogP contribution is -2.16. The van der Waals surface area contributed by atoms with Gasteiger partial charge in [0.2, 0.25) is 0 Å². The van der Waals surface area contributed by atoms with Gasteiger partial charge in [0.1, 0.15) is 11.0 Å². The molecule has 0 unspecified atom stereocenters. The topological polar surface area (TPSA) is 22.1 Å². The van der Waals surface area contributed by atoms with E-state index < -0.39 is 0 Å². The van der Waals surface area contributed by atoms with Gasteiger partial charge in [0.15, 0.2) is 0 Å². The van der Waals surface area contributed by atoms with E-state index in [0.29, 0.717) is 5.15 Å². The van der Waals surface area contributed by atoms with Crippen LogP contribution in [0.1, 0.15) is 29.9 Å². The first-order valence-corrected chi connectivity index (χ1v) is 9.84. The Hall–Kier alpha value is -1.49. The van der Waals surface area contributed by atoms with E-state index in [1.54, 1.807) is 0 Å². The fourth-order valence-electron chi connectivity index (χ4n) is 3.66. The van der Waals surface area contributed by atoms with E-state index in [1.165, 1.54) is 12.1 Å². The predicted octanol–water partition coefficient (Wildman–Crippen LogP) is 6.66. The van der Waals surface area contributed by atoms with Crippen LogP contribution in [0.2, 0.25) is 5.15 Å². The van der Waals surface area contributed by atoms with Crippen LogP contribution in [0.15, 0.2) is 40.9 Å². The number of halogens is 3. The molecule has 4 rings (SSSR count). The molecule has 0 spiro atoms. The summed E-state index contributed by atoms with van der Waals surface area (Å²) in [5.41, 5.74) is 5.03. The largest absolute Gasteiger partial charge is 0.381 e. The minimum absolute atomic E-state index is 0.246. The van der Waals surface area contributed by atoms with Gasteiger partial charge in [-0.2, -0.15) is 0 Å². The molecule has 1 aliphatic heterocycles. The maximum Gasteiger partial charge on any atom is 0.133 e. The summed E-state index contributed by atoms with van der Waals surface area (Å²) < 4.78 is 20.0. The van der Waals surface area contributed by atoms with Gasteiger partial charge in [-0.3, -0.25) is 0 Å². The quantitative estimate of drug-likeness (QED) is 0.421. The van der Waals surface area contributed by atoms with Crippen molar-refractivity contribution in [1.29, 1.82) is 0 Å². The SMILES string of the molecule is Cc1cc2c(-c3ccc(F)cc3)c(C3CCOCC3)c(Cl)nc2cc1Br. The molecule has 2 heterocycles. The molecule has 2 aromatic carbocycles. The van der Waals surface area contributed by atoms with Gasteiger partial charge in [0.25, 0.3) is 0 Å². The van der Waals surface area contributed by atoms with Gasteiger partial charge in [0.05, 0.1) is 5.52 Å². The maximum atomic E-state index is 13.5. The van der Waals surface area contributed by atoms with E-state index in [1.807, 2.05) is 18.2 Å². The number of pyridine rings is 1. The molecule has 1 fully saturated rings. The summed E-state index contributed by atoms with van der Waals surface area (Å²) in [6.07, 6.45) is 1.83. The number of rotatable bonds is 2. The van der Waals surface area contributed by atoms with Crippen LogP contribution in [0.4, 0.5) is 4.39 Å². The molecule has 2 nitrogen and oxygen atoms in total. The van der Waals surface area contributed by atoms with Gasteiger partial charge in [-0.05, 0) is 66.6 Å². The van der Waals surface area contributed by atoms with Crippen LogP contribution >= 0.6 is 27.5 Å². The zero-order valence-corrected chi connectivity index (χ0v) is 16.7. The summed E-state index contributed by atoms with van der Waals surface area (Å²) in [6.45, 7) is 3.50. The first-order valence-electron chi connectivity index (χ1n) is 8.67. The Morgan fingerprint density at radius 1 is 1.15 bits per heavy atom. The van der Waals surface area contributed by atoms with E-state index >= 15 is 0 Å². The standard InChI is InChI=1S/C21H18BrClFNO/c1-12-10-16-18(11-17(12)22)25-21(23)20(14-6-8-26-9-7-14)19(16)13-2-4-15(24)5-3-13/h2-5,10-11,14H,6-9H2,1H3. The normalized spacial score (nSPS) is 15.5. The fraction of sp³-hybridized carbons (Fsp3) is 0.286. The van der Waals surface area contributed by atoms with E-state index in [9.17, 15) is 4.39 Å². The van der Waals surface area contributed by atoms with E-state index in [-0.39, 0.29) is 11.7 Å². The van der Waals surface area contributed by atoms with Crippen molar-refractivity contribution in [3.63, 3.8) is 0 Å². The Morgan fingerprint density at radius 3 is 2.54 bits per heavy atom. The van der Waals surface area contributed by atoms with Crippen molar-refractivity contribution in [2.45, 2.75) is 25.7 Å². The molecular formula is C21H18BrClFNO. The van der Waals surface area contributed by atoms with Gasteiger partial charge in [0, 0.05) is 28.6 Å². The Kier molecular flexibility index (Phi) is 5.00. The van der Waals surface area contributed by atoms with Crippen molar-refractivity contribution in [1.82, 2.24) is 4.98 Å². The van der Waals surface area contributed by atoms with Crippen LogP contribution in [0.5, 0.6) is 0 Å². The molecule has 5 heteroatoms. The second-order valence-electron chi connectivity index (χ2n) is 6.70. The van der Waals surface area contributed by atoms with Crippen molar-refractivity contribution in [2.75, 3.05) is 13.2 Å². The van der Waals surface area contributed by atoms with Crippen molar-refractivity contribution in [2.24, 2.45) is 0 Å². The fourth-order valence-corrected chi connectivity index (χ4v) is 4.34. The lowest BCUT2D eigenvalue weighted by atomic mass is 9.85. The average Bonchev–Trinajstić information content (AvgIpc) is 2.64. The van der Waals surface area contributed by atoms with Gasteiger partial charge < -0.3 is 4.74 Å². The average molecular weight is 435 g/mol. The number of aromatic nitrogens is 1. The van der Waals surface area contributed by atoms with Gasteiger partial charge in [-0.15, -0.1) is 0 Å². The van der Waals surface area contributed by atoms with Crippen LogP contribution < -0.4 is 0 Å². The third-order valence-corrected chi connectivity index (χ3v) is 6.16. The summed E-state index contributed by atoms with van der Waals surface area (Å²) in [5.74, 6) is 0.0434. The maximum absolute atomic E-state index is 13.5. The highest BCUT2D eigenvalue weighted by Crippen LogP contribution is 2.43. The summed E-state index contributed by atoms with van der Waals surface area (Å²) in [5, 5.41) is 1.57. The van der Waals surface area contributed by atoms with Gasteiger partial charge in [-0.25, -0.2) is 9.37 Å². The first kappa shape index (κ1) is 17.9. The van der Waals surface area contributed by atoms with Gasteiger partial charge in [-0.1, -0.05) is 39.7 Å². The molecule has 0 amide bonds. The van der Waals surface area contributed by atoms with Crippen molar-refractivity contribution in [3.8, 4) is 11.1 Å². The van der Waals surface area contributed by atoms with Crippen LogP contribution in [-0.4, -0.2) is 18.2 Å². The molecule has 0 saturated carbocycles. The molecule has 0 N–H and O–H groups in total. The third-order valence-electron chi connectivity index (χ3n) is 5.02. The van der Waals surface area contributed by atoms with E-state index in [2.05, 4.69) is 33.9 Å². The van der Waals surface area contributed by atoms with E-state index in [0.717, 1.165) is 63.7 Å². The molecule has 26 heavy (non-hydrogen) atoms. The zero-order chi connectivity index (χ0) is 18.3. The molecule has 0 atom stereocenters. The lowest BCUT2D eigenvalue weighted by Gasteiger charge is -2.26. The number of fused-ring (bicyclic) bond motifs is 1. The minimum Gasteiger partial charge on any atom is -0.381 e. The predicted molar refractivity (Wildman–Crippen MR) is 107 cm³/mol. The van der Waals surface area contributed by atoms with E-state index in [4.69, 9.17) is 16.3 Å². The number of nitrogens with zero attached hydrogens (tertiary/aromatic N) is 1. The van der Waals surface area contributed by atoms with Gasteiger partial charge >= 0.3 is 0 Å². The monoisotopic (exact) mass is 433 g/mol. The summed E-state index contributed by atoms with van der Waals surface area (Å²) >= 11 is 10.3. The Bertz CT molecular complexity index is 968. The highest BCUT2D eigenvalue weighted by molar-refractivity contribution is 9.10. The highest BCUT2D eigenvalue weighted by Gasteiger charge is 2.25. The molecule has 3 aromatic rings. The number of benzene rings is 2. The highest BCUT2D eigenvalue weighted by atomic mass is 79.9. The first-order chi connectivity index (χ1) is 12.5. The summed E-state index contributed by atoms with van der Waals surface area (Å²) in [7, 11) is 0. The zero-order valence-electron chi connectivity index (χ0n) is 14.4.